The minimum absolute atomic E-state index is 0.0544. The number of likely N-dealkylation sites (N-methyl/N-ethyl adjacent to an activating group) is 1. The van der Waals surface area contributed by atoms with Crippen LogP contribution in [0.2, 0.25) is 0 Å². The topological polar surface area (TPSA) is 73.1 Å². The molecule has 2 aromatic heterocycles. The molecule has 1 aromatic carbocycles. The van der Waals surface area contributed by atoms with Crippen LogP contribution in [0.3, 0.4) is 0 Å². The molecule has 0 spiro atoms. The molecule has 7 nitrogen and oxygen atoms in total. The molecule has 0 aliphatic carbocycles. The van der Waals surface area contributed by atoms with Crippen LogP contribution in [-0.2, 0) is 17.9 Å². The number of thiophene rings is 1. The average Bonchev–Trinajstić information content (AvgIpc) is 3.26. The molecule has 0 radical (unpaired) electrons. The largest absolute Gasteiger partial charge is 0.497 e. The Morgan fingerprint density at radius 2 is 2.21 bits per heavy atom. The number of hydrogen-bond acceptors (Lipinski definition) is 6. The Labute approximate surface area is 143 Å². The minimum Gasteiger partial charge on any atom is -0.497 e. The van der Waals surface area contributed by atoms with E-state index in [-0.39, 0.29) is 12.5 Å². The third-order valence-electron chi connectivity index (χ3n) is 3.46. The highest BCUT2D eigenvalue weighted by atomic mass is 32.1. The molecule has 0 saturated carbocycles. The van der Waals surface area contributed by atoms with Gasteiger partial charge < -0.3 is 9.64 Å². The van der Waals surface area contributed by atoms with Crippen LogP contribution in [0.4, 0.5) is 0 Å². The van der Waals surface area contributed by atoms with Crippen molar-refractivity contribution >= 4 is 17.2 Å². The molecule has 0 N–H and O–H groups in total. The lowest BCUT2D eigenvalue weighted by atomic mass is 10.2. The molecule has 8 heteroatoms. The van der Waals surface area contributed by atoms with Crippen molar-refractivity contribution in [2.24, 2.45) is 0 Å². The SMILES string of the molecule is COc1cccc(-c2nnn(CC(=O)N(C)Cc3cccs3)n2)c1. The first-order valence-corrected chi connectivity index (χ1v) is 8.22. The molecular weight excluding hydrogens is 326 g/mol. The number of rotatable bonds is 6. The van der Waals surface area contributed by atoms with Crippen molar-refractivity contribution in [1.29, 1.82) is 0 Å². The monoisotopic (exact) mass is 343 g/mol. The summed E-state index contributed by atoms with van der Waals surface area (Å²) in [6.45, 7) is 0.632. The predicted molar refractivity (Wildman–Crippen MR) is 90.6 cm³/mol. The number of ether oxygens (including phenoxy) is 1. The predicted octanol–water partition coefficient (Wildman–Crippen LogP) is 2.07. The maximum absolute atomic E-state index is 12.3. The number of tetrazole rings is 1. The fourth-order valence-electron chi connectivity index (χ4n) is 2.15. The Hall–Kier alpha value is -2.74. The summed E-state index contributed by atoms with van der Waals surface area (Å²) in [7, 11) is 3.37. The molecule has 0 aliphatic heterocycles. The van der Waals surface area contributed by atoms with Gasteiger partial charge in [0, 0.05) is 17.5 Å². The van der Waals surface area contributed by atoms with E-state index in [9.17, 15) is 4.79 Å². The number of aromatic nitrogens is 4. The molecular formula is C16H17N5O2S. The van der Waals surface area contributed by atoms with E-state index >= 15 is 0 Å². The van der Waals surface area contributed by atoms with E-state index < -0.39 is 0 Å². The maximum atomic E-state index is 12.3. The van der Waals surface area contributed by atoms with Crippen molar-refractivity contribution in [3.63, 3.8) is 0 Å². The Balaban J connectivity index is 1.66. The summed E-state index contributed by atoms with van der Waals surface area (Å²) in [5.41, 5.74) is 0.792. The molecule has 1 amide bonds. The number of nitrogens with zero attached hydrogens (tertiary/aromatic N) is 5. The Kier molecular flexibility index (Phi) is 4.85. The molecule has 124 valence electrons. The smallest absolute Gasteiger partial charge is 0.246 e. The second-order valence-corrected chi connectivity index (χ2v) is 6.24. The van der Waals surface area contributed by atoms with E-state index in [0.717, 1.165) is 16.2 Å². The molecule has 0 saturated heterocycles. The highest BCUT2D eigenvalue weighted by Crippen LogP contribution is 2.19. The van der Waals surface area contributed by atoms with Crippen LogP contribution < -0.4 is 4.74 Å². The Morgan fingerprint density at radius 1 is 1.33 bits per heavy atom. The summed E-state index contributed by atoms with van der Waals surface area (Å²) in [4.78, 5) is 16.4. The molecule has 0 unspecified atom stereocenters. The maximum Gasteiger partial charge on any atom is 0.246 e. The zero-order chi connectivity index (χ0) is 16.9. The first-order chi connectivity index (χ1) is 11.7. The van der Waals surface area contributed by atoms with E-state index in [2.05, 4.69) is 15.4 Å². The van der Waals surface area contributed by atoms with Gasteiger partial charge in [0.2, 0.25) is 11.7 Å². The summed E-state index contributed by atoms with van der Waals surface area (Å²) in [6, 6.07) is 11.4. The van der Waals surface area contributed by atoms with Gasteiger partial charge in [-0.25, -0.2) is 0 Å². The summed E-state index contributed by atoms with van der Waals surface area (Å²) in [5.74, 6) is 1.11. The van der Waals surface area contributed by atoms with Crippen molar-refractivity contribution in [2.45, 2.75) is 13.1 Å². The Morgan fingerprint density at radius 3 is 2.96 bits per heavy atom. The molecule has 2 heterocycles. The number of methoxy groups -OCH3 is 1. The van der Waals surface area contributed by atoms with Gasteiger partial charge in [-0.2, -0.15) is 4.80 Å². The second kappa shape index (κ2) is 7.22. The average molecular weight is 343 g/mol. The van der Waals surface area contributed by atoms with Crippen LogP contribution in [0, 0.1) is 0 Å². The number of amides is 1. The fourth-order valence-corrected chi connectivity index (χ4v) is 2.91. The van der Waals surface area contributed by atoms with Gasteiger partial charge in [0.15, 0.2) is 0 Å². The lowest BCUT2D eigenvalue weighted by molar-refractivity contribution is -0.131. The lowest BCUT2D eigenvalue weighted by Crippen LogP contribution is -2.30. The summed E-state index contributed by atoms with van der Waals surface area (Å²) < 4.78 is 5.19. The van der Waals surface area contributed by atoms with Crippen LogP contribution in [0.5, 0.6) is 5.75 Å². The van der Waals surface area contributed by atoms with Gasteiger partial charge in [0.1, 0.15) is 12.3 Å². The first kappa shape index (κ1) is 16.1. The van der Waals surface area contributed by atoms with Gasteiger partial charge in [0.05, 0.1) is 13.7 Å². The number of carbonyl (C=O) groups excluding carboxylic acids is 1. The summed E-state index contributed by atoms with van der Waals surface area (Å²) >= 11 is 1.62. The van der Waals surface area contributed by atoms with Crippen LogP contribution in [0.15, 0.2) is 41.8 Å². The van der Waals surface area contributed by atoms with Crippen LogP contribution in [0.1, 0.15) is 4.88 Å². The molecule has 3 rings (SSSR count). The van der Waals surface area contributed by atoms with Gasteiger partial charge in [-0.3, -0.25) is 4.79 Å². The Bertz CT molecular complexity index is 816. The van der Waals surface area contributed by atoms with Gasteiger partial charge in [0.25, 0.3) is 0 Å². The van der Waals surface area contributed by atoms with E-state index in [1.165, 1.54) is 4.80 Å². The number of benzene rings is 1. The molecule has 3 aromatic rings. The standard InChI is InChI=1S/C16H17N5O2S/c1-20(10-14-7-4-8-24-14)15(22)11-21-18-16(17-19-21)12-5-3-6-13(9-12)23-2/h3-9H,10-11H2,1-2H3. The van der Waals surface area contributed by atoms with E-state index in [4.69, 9.17) is 4.74 Å². The molecule has 24 heavy (non-hydrogen) atoms. The second-order valence-electron chi connectivity index (χ2n) is 5.20. The van der Waals surface area contributed by atoms with E-state index in [1.807, 2.05) is 41.8 Å². The summed E-state index contributed by atoms with van der Waals surface area (Å²) in [5, 5.41) is 14.2. The van der Waals surface area contributed by atoms with Crippen molar-refractivity contribution < 1.29 is 9.53 Å². The molecule has 0 aliphatic rings. The highest BCUT2D eigenvalue weighted by molar-refractivity contribution is 7.09. The zero-order valence-corrected chi connectivity index (χ0v) is 14.2. The van der Waals surface area contributed by atoms with Gasteiger partial charge in [-0.05, 0) is 28.8 Å². The van der Waals surface area contributed by atoms with Crippen LogP contribution >= 0.6 is 11.3 Å². The quantitative estimate of drug-likeness (QED) is 0.685. The van der Waals surface area contributed by atoms with Crippen molar-refractivity contribution in [3.8, 4) is 17.1 Å². The van der Waals surface area contributed by atoms with E-state index in [1.54, 1.807) is 30.4 Å². The lowest BCUT2D eigenvalue weighted by Gasteiger charge is -2.15. The normalized spacial score (nSPS) is 10.6. The minimum atomic E-state index is -0.0713. The van der Waals surface area contributed by atoms with Crippen LogP contribution in [0.25, 0.3) is 11.4 Å². The van der Waals surface area contributed by atoms with Crippen molar-refractivity contribution in [2.75, 3.05) is 14.2 Å². The molecule has 0 atom stereocenters. The third kappa shape index (κ3) is 3.77. The number of carbonyl (C=O) groups is 1. The fraction of sp³-hybridized carbons (Fsp3) is 0.250. The third-order valence-corrected chi connectivity index (χ3v) is 4.32. The number of hydrogen-bond donors (Lipinski definition) is 0. The van der Waals surface area contributed by atoms with Gasteiger partial charge in [-0.15, -0.1) is 21.5 Å². The van der Waals surface area contributed by atoms with Gasteiger partial charge >= 0.3 is 0 Å². The summed E-state index contributed by atoms with van der Waals surface area (Å²) in [6.07, 6.45) is 0. The highest BCUT2D eigenvalue weighted by Gasteiger charge is 2.14. The first-order valence-electron chi connectivity index (χ1n) is 7.34. The van der Waals surface area contributed by atoms with Gasteiger partial charge in [-0.1, -0.05) is 18.2 Å². The molecule has 0 bridgehead atoms. The van der Waals surface area contributed by atoms with Crippen LogP contribution in [-0.4, -0.2) is 45.2 Å². The zero-order valence-electron chi connectivity index (χ0n) is 13.4. The van der Waals surface area contributed by atoms with Crippen molar-refractivity contribution in [1.82, 2.24) is 25.1 Å². The van der Waals surface area contributed by atoms with Crippen molar-refractivity contribution in [3.05, 3.63) is 46.7 Å². The molecule has 0 fully saturated rings. The van der Waals surface area contributed by atoms with E-state index in [0.29, 0.717) is 12.4 Å².